The quantitative estimate of drug-likeness (QED) is 0.174. The summed E-state index contributed by atoms with van der Waals surface area (Å²) in [5, 5.41) is 2.23. The lowest BCUT2D eigenvalue weighted by Gasteiger charge is -2.34. The van der Waals surface area contributed by atoms with E-state index in [0.29, 0.717) is 15.9 Å². The summed E-state index contributed by atoms with van der Waals surface area (Å²) in [5.74, 6) is -1.26. The number of hydrogen-bond donors (Lipinski definition) is 1. The minimum absolute atomic E-state index is 0.0739. The highest BCUT2D eigenvalue weighted by Gasteiger charge is 2.37. The predicted octanol–water partition coefficient (Wildman–Crippen LogP) is 7.03. The van der Waals surface area contributed by atoms with Gasteiger partial charge in [0.25, 0.3) is 10.0 Å². The first-order valence-corrected chi connectivity index (χ1v) is 16.6. The van der Waals surface area contributed by atoms with Crippen LogP contribution >= 0.6 is 11.6 Å². The highest BCUT2D eigenvalue weighted by Crippen LogP contribution is 2.38. The Morgan fingerprint density at radius 1 is 0.851 bits per heavy atom. The van der Waals surface area contributed by atoms with Gasteiger partial charge < -0.3 is 10.2 Å². The van der Waals surface area contributed by atoms with Crippen LogP contribution in [0.15, 0.2) is 108 Å². The summed E-state index contributed by atoms with van der Waals surface area (Å²) < 4.78 is 70.6. The Hall–Kier alpha value is -4.35. The zero-order chi connectivity index (χ0) is 34.4. The molecule has 1 atom stereocenters. The van der Waals surface area contributed by atoms with Crippen LogP contribution < -0.4 is 9.62 Å². The number of halogens is 4. The van der Waals surface area contributed by atoms with Gasteiger partial charge in [0.05, 0.1) is 21.2 Å². The molecule has 0 heterocycles. The van der Waals surface area contributed by atoms with Crippen molar-refractivity contribution in [2.24, 2.45) is 0 Å². The third-order valence-corrected chi connectivity index (χ3v) is 9.45. The molecular formula is C35H35ClF3N3O4S. The number of rotatable bonds is 12. The van der Waals surface area contributed by atoms with Crippen LogP contribution in [0.3, 0.4) is 0 Å². The van der Waals surface area contributed by atoms with Gasteiger partial charge in [-0.25, -0.2) is 8.42 Å². The molecule has 0 radical (unpaired) electrons. The van der Waals surface area contributed by atoms with Crippen LogP contribution in [0.5, 0.6) is 0 Å². The number of nitrogens with one attached hydrogen (secondary N) is 1. The number of alkyl halides is 3. The molecule has 0 spiro atoms. The SMILES string of the molecule is Cc1ccc(S(=O)(=O)N(CC(=O)N(Cc2ccccc2)C(Cc2ccccc2)C(=O)NC(C)C)c2ccc(Cl)c(C(F)(F)F)c2)cc1. The van der Waals surface area contributed by atoms with Crippen molar-refractivity contribution in [3.63, 3.8) is 0 Å². The first-order valence-electron chi connectivity index (χ1n) is 14.8. The maximum absolute atomic E-state index is 14.4. The molecule has 47 heavy (non-hydrogen) atoms. The molecular weight excluding hydrogens is 651 g/mol. The number of carbonyl (C=O) groups excluding carboxylic acids is 2. The van der Waals surface area contributed by atoms with Gasteiger partial charge in [-0.2, -0.15) is 13.2 Å². The van der Waals surface area contributed by atoms with E-state index in [-0.39, 0.29) is 23.9 Å². The molecule has 2 amide bonds. The van der Waals surface area contributed by atoms with Crippen LogP contribution in [0.25, 0.3) is 0 Å². The Kier molecular flexibility index (Phi) is 11.4. The third-order valence-electron chi connectivity index (χ3n) is 7.33. The summed E-state index contributed by atoms with van der Waals surface area (Å²) in [7, 11) is -4.60. The van der Waals surface area contributed by atoms with Gasteiger partial charge in [-0.05, 0) is 62.2 Å². The van der Waals surface area contributed by atoms with Crippen molar-refractivity contribution in [2.45, 2.75) is 56.9 Å². The number of nitrogens with zero attached hydrogens (tertiary/aromatic N) is 2. The number of anilines is 1. The average molecular weight is 686 g/mol. The molecule has 4 aromatic carbocycles. The van der Waals surface area contributed by atoms with E-state index in [1.54, 1.807) is 87.5 Å². The first-order chi connectivity index (χ1) is 22.2. The van der Waals surface area contributed by atoms with E-state index < -0.39 is 56.9 Å². The molecule has 1 N–H and O–H groups in total. The fourth-order valence-corrected chi connectivity index (χ4v) is 6.60. The summed E-state index contributed by atoms with van der Waals surface area (Å²) in [4.78, 5) is 29.2. The molecule has 0 saturated carbocycles. The zero-order valence-corrected chi connectivity index (χ0v) is 27.6. The van der Waals surface area contributed by atoms with Gasteiger partial charge in [-0.1, -0.05) is 90.0 Å². The second-order valence-electron chi connectivity index (χ2n) is 11.4. The van der Waals surface area contributed by atoms with Crippen molar-refractivity contribution >= 4 is 39.1 Å². The molecule has 4 aromatic rings. The standard InChI is InChI=1S/C35H35ClF3N3O4S/c1-24(2)40-34(44)32(20-26-10-6-4-7-11-26)41(22-27-12-8-5-9-13-27)33(43)23-42(47(45,46)29-17-14-25(3)15-18-29)28-16-19-31(36)30(21-28)35(37,38)39/h4-19,21,24,32H,20,22-23H2,1-3H3,(H,40,44). The van der Waals surface area contributed by atoms with E-state index >= 15 is 0 Å². The summed E-state index contributed by atoms with van der Waals surface area (Å²) in [6.07, 6.45) is -4.80. The third kappa shape index (κ3) is 9.14. The summed E-state index contributed by atoms with van der Waals surface area (Å²) in [6, 6.07) is 24.9. The molecule has 0 saturated heterocycles. The smallest absolute Gasteiger partial charge is 0.352 e. The number of sulfonamides is 1. The lowest BCUT2D eigenvalue weighted by molar-refractivity contribution is -0.140. The number of benzene rings is 4. The molecule has 0 bridgehead atoms. The van der Waals surface area contributed by atoms with Crippen LogP contribution in [0.1, 0.15) is 36.1 Å². The van der Waals surface area contributed by atoms with Gasteiger partial charge in [-0.15, -0.1) is 0 Å². The maximum atomic E-state index is 14.4. The van der Waals surface area contributed by atoms with Gasteiger partial charge >= 0.3 is 6.18 Å². The van der Waals surface area contributed by atoms with Crippen LogP contribution in [-0.4, -0.2) is 43.8 Å². The van der Waals surface area contributed by atoms with E-state index in [1.165, 1.54) is 17.0 Å². The summed E-state index contributed by atoms with van der Waals surface area (Å²) >= 11 is 5.87. The lowest BCUT2D eigenvalue weighted by Crippen LogP contribution is -2.54. The number of amides is 2. The Balaban J connectivity index is 1.85. The molecule has 0 aliphatic carbocycles. The van der Waals surface area contributed by atoms with Crippen molar-refractivity contribution in [1.82, 2.24) is 10.2 Å². The molecule has 0 aliphatic heterocycles. The van der Waals surface area contributed by atoms with Gasteiger partial charge in [0.15, 0.2) is 0 Å². The Bertz CT molecular complexity index is 1790. The van der Waals surface area contributed by atoms with Gasteiger partial charge in [-0.3, -0.25) is 13.9 Å². The van der Waals surface area contributed by atoms with Crippen molar-refractivity contribution in [3.8, 4) is 0 Å². The number of hydrogen-bond acceptors (Lipinski definition) is 4. The molecule has 1 unspecified atom stereocenters. The zero-order valence-electron chi connectivity index (χ0n) is 26.0. The van der Waals surface area contributed by atoms with Crippen LogP contribution in [0.2, 0.25) is 5.02 Å². The normalized spacial score (nSPS) is 12.4. The average Bonchev–Trinajstić information content (AvgIpc) is 3.02. The molecule has 7 nitrogen and oxygen atoms in total. The molecule has 0 aromatic heterocycles. The highest BCUT2D eigenvalue weighted by molar-refractivity contribution is 7.92. The molecule has 12 heteroatoms. The van der Waals surface area contributed by atoms with Crippen LogP contribution in [0.4, 0.5) is 18.9 Å². The summed E-state index contributed by atoms with van der Waals surface area (Å²) in [6.45, 7) is 4.33. The number of carbonyl (C=O) groups is 2. The highest BCUT2D eigenvalue weighted by atomic mass is 35.5. The predicted molar refractivity (Wildman–Crippen MR) is 176 cm³/mol. The van der Waals surface area contributed by atoms with E-state index in [2.05, 4.69) is 5.32 Å². The van der Waals surface area contributed by atoms with E-state index in [0.717, 1.165) is 23.3 Å². The van der Waals surface area contributed by atoms with E-state index in [4.69, 9.17) is 11.6 Å². The van der Waals surface area contributed by atoms with Crippen molar-refractivity contribution < 1.29 is 31.2 Å². The number of aryl methyl sites for hydroxylation is 1. The Morgan fingerprint density at radius 3 is 1.98 bits per heavy atom. The molecule has 4 rings (SSSR count). The maximum Gasteiger partial charge on any atom is 0.417 e. The van der Waals surface area contributed by atoms with Gasteiger partial charge in [0.2, 0.25) is 11.8 Å². The molecule has 248 valence electrons. The van der Waals surface area contributed by atoms with E-state index in [9.17, 15) is 31.2 Å². The fourth-order valence-electron chi connectivity index (χ4n) is 4.97. The largest absolute Gasteiger partial charge is 0.417 e. The van der Waals surface area contributed by atoms with Gasteiger partial charge in [0.1, 0.15) is 12.6 Å². The Labute approximate surface area is 278 Å². The van der Waals surface area contributed by atoms with Gasteiger partial charge in [0, 0.05) is 19.0 Å². The minimum Gasteiger partial charge on any atom is -0.352 e. The molecule has 0 fully saturated rings. The lowest BCUT2D eigenvalue weighted by atomic mass is 10.0. The monoisotopic (exact) mass is 685 g/mol. The Morgan fingerprint density at radius 2 is 1.43 bits per heavy atom. The van der Waals surface area contributed by atoms with Crippen molar-refractivity contribution in [3.05, 3.63) is 130 Å². The topological polar surface area (TPSA) is 86.8 Å². The van der Waals surface area contributed by atoms with E-state index in [1.807, 2.05) is 6.07 Å². The second-order valence-corrected chi connectivity index (χ2v) is 13.6. The van der Waals surface area contributed by atoms with Crippen LogP contribution in [-0.2, 0) is 38.8 Å². The second kappa shape index (κ2) is 15.0. The molecule has 0 aliphatic rings. The fraction of sp³-hybridized carbons (Fsp3) is 0.257. The van der Waals surface area contributed by atoms with Crippen molar-refractivity contribution in [1.29, 1.82) is 0 Å². The first kappa shape index (κ1) is 35.5. The van der Waals surface area contributed by atoms with Crippen LogP contribution in [0, 0.1) is 6.92 Å². The van der Waals surface area contributed by atoms with Crippen molar-refractivity contribution in [2.75, 3.05) is 10.8 Å². The summed E-state index contributed by atoms with van der Waals surface area (Å²) in [5.41, 5.74) is 0.495. The minimum atomic E-state index is -4.90.